The zero-order valence-electron chi connectivity index (χ0n) is 20.5. The van der Waals surface area contributed by atoms with Crippen molar-refractivity contribution >= 4 is 70.4 Å². The molecule has 3 aromatic rings. The number of nitrogens with zero attached hydrogens (tertiary/aromatic N) is 2. The zero-order valence-corrected chi connectivity index (χ0v) is 22.8. The number of carboxylic acids is 1. The first-order valence-corrected chi connectivity index (χ1v) is 13.9. The molecule has 3 heterocycles. The number of carbonyl (C=O) groups is 2. The number of carbonyl (C=O) groups excluding carboxylic acids is 1. The summed E-state index contributed by atoms with van der Waals surface area (Å²) in [6.07, 6.45) is 2.52. The van der Waals surface area contributed by atoms with Crippen LogP contribution in [0.15, 0.2) is 24.3 Å². The molecule has 1 saturated heterocycles. The van der Waals surface area contributed by atoms with Crippen molar-refractivity contribution in [2.24, 2.45) is 11.8 Å². The number of aromatic carboxylic acids is 1. The van der Waals surface area contributed by atoms with E-state index in [1.165, 1.54) is 11.3 Å². The number of carboxylic acid groups (broad SMARTS) is 1. The van der Waals surface area contributed by atoms with E-state index in [4.69, 9.17) is 32.9 Å². The summed E-state index contributed by atoms with van der Waals surface area (Å²) in [5, 5.41) is 14.1. The molecule has 8 nitrogen and oxygen atoms in total. The molecule has 3 N–H and O–H groups in total. The first-order valence-electron chi connectivity index (χ1n) is 12.3. The Labute approximate surface area is 247 Å². The van der Waals surface area contributed by atoms with Crippen molar-refractivity contribution in [3.8, 4) is 5.75 Å². The van der Waals surface area contributed by atoms with Crippen molar-refractivity contribution < 1.29 is 19.4 Å². The molecule has 1 unspecified atom stereocenters. The maximum atomic E-state index is 12.7. The Morgan fingerprint density at radius 3 is 2.47 bits per heavy atom. The number of piperidine rings is 1. The van der Waals surface area contributed by atoms with Crippen LogP contribution in [0.25, 0.3) is 0 Å². The van der Waals surface area contributed by atoms with Gasteiger partial charge in [0.15, 0.2) is 5.13 Å². The molecule has 2 fully saturated rings. The second kappa shape index (κ2) is 11.9. The summed E-state index contributed by atoms with van der Waals surface area (Å²) >= 11 is 13.5. The number of aryl methyl sites for hydroxylation is 1. The molecule has 3 atom stereocenters. The Morgan fingerprint density at radius 1 is 1.21 bits per heavy atom. The van der Waals surface area contributed by atoms with Gasteiger partial charge in [-0.3, -0.25) is 4.79 Å². The SMILES string of the molecule is CCCCOc1ccc(Cc2nc(N3C[C@@H]4C(NC(=O)c5[nH]c(C)c(Cl)c5Cl)[C@@H]4C3)sc2C(=O)O)cc1.[LiH]. The van der Waals surface area contributed by atoms with Crippen molar-refractivity contribution in [2.75, 3.05) is 24.6 Å². The fourth-order valence-corrected chi connectivity index (χ4v) is 6.20. The Kier molecular flexibility index (Phi) is 9.06. The van der Waals surface area contributed by atoms with Crippen molar-refractivity contribution in [3.63, 3.8) is 0 Å². The van der Waals surface area contributed by atoms with Gasteiger partial charge in [-0.1, -0.05) is 60.0 Å². The number of anilines is 1. The molecule has 2 aromatic heterocycles. The van der Waals surface area contributed by atoms with Crippen LogP contribution in [0.4, 0.5) is 5.13 Å². The van der Waals surface area contributed by atoms with Crippen molar-refractivity contribution in [3.05, 3.63) is 61.8 Å². The second-order valence-electron chi connectivity index (χ2n) is 9.59. The number of nitrogens with one attached hydrogen (secondary N) is 2. The Hall–Kier alpha value is -2.15. The summed E-state index contributed by atoms with van der Waals surface area (Å²) in [6.45, 7) is 5.99. The third-order valence-electron chi connectivity index (χ3n) is 6.99. The standard InChI is InChI=1S/C26H28Cl2N4O4S.Li.H/c1-3-4-9-36-15-7-5-14(6-8-15)10-18-23(25(34)35)37-26(30-18)32-11-16-17(12-32)21(16)31-24(33)22-20(28)19(27)13(2)29-22;;/h5-8,16-17,21,29H,3-4,9-12H2,1-2H3,(H,31,33)(H,34,35);;/t16-,17+,21?;;. The first-order chi connectivity index (χ1) is 17.8. The molecule has 1 aliphatic carbocycles. The number of benzene rings is 1. The molecule has 12 heteroatoms. The summed E-state index contributed by atoms with van der Waals surface area (Å²) in [5.74, 6) is 0.150. The first kappa shape index (κ1) is 28.8. The van der Waals surface area contributed by atoms with E-state index in [2.05, 4.69) is 22.1 Å². The van der Waals surface area contributed by atoms with Crippen molar-refractivity contribution in [1.82, 2.24) is 15.3 Å². The summed E-state index contributed by atoms with van der Waals surface area (Å²) in [5.41, 5.74) is 2.48. The molecule has 2 aliphatic rings. The quantitative estimate of drug-likeness (QED) is 0.239. The van der Waals surface area contributed by atoms with Crippen molar-refractivity contribution in [2.45, 2.75) is 39.2 Å². The van der Waals surface area contributed by atoms with Gasteiger partial charge in [-0.05, 0) is 31.0 Å². The number of rotatable bonds is 10. The van der Waals surface area contributed by atoms with E-state index in [0.717, 1.165) is 24.2 Å². The number of fused-ring (bicyclic) bond motifs is 1. The van der Waals surface area contributed by atoms with E-state index >= 15 is 0 Å². The van der Waals surface area contributed by atoms with Gasteiger partial charge in [0.2, 0.25) is 0 Å². The summed E-state index contributed by atoms with van der Waals surface area (Å²) in [6, 6.07) is 7.79. The molecular formula is C26H29Cl2LiN4O4S. The number of amides is 1. The number of aromatic amines is 1. The minimum absolute atomic E-state index is 0. The minimum atomic E-state index is -0.968. The molecule has 0 spiro atoms. The van der Waals surface area contributed by atoms with Crippen LogP contribution in [0.1, 0.15) is 56.9 Å². The predicted octanol–water partition coefficient (Wildman–Crippen LogP) is 4.77. The average Bonchev–Trinajstić information content (AvgIpc) is 3.23. The van der Waals surface area contributed by atoms with Crippen LogP contribution in [-0.4, -0.2) is 71.5 Å². The van der Waals surface area contributed by atoms with Gasteiger partial charge in [0.25, 0.3) is 5.91 Å². The zero-order chi connectivity index (χ0) is 26.3. The number of aromatic nitrogens is 2. The van der Waals surface area contributed by atoms with E-state index in [-0.39, 0.29) is 58.2 Å². The normalized spacial score (nSPS) is 19.6. The average molecular weight is 571 g/mol. The van der Waals surface area contributed by atoms with Crippen LogP contribution in [-0.2, 0) is 6.42 Å². The van der Waals surface area contributed by atoms with Gasteiger partial charge in [-0.2, -0.15) is 0 Å². The van der Waals surface area contributed by atoms with Gasteiger partial charge in [-0.15, -0.1) is 0 Å². The molecule has 5 rings (SSSR count). The van der Waals surface area contributed by atoms with E-state index in [1.54, 1.807) is 6.92 Å². The third kappa shape index (κ3) is 5.87. The number of H-pyrrole nitrogens is 1. The van der Waals surface area contributed by atoms with Gasteiger partial charge in [0, 0.05) is 43.1 Å². The molecule has 0 radical (unpaired) electrons. The van der Waals surface area contributed by atoms with Crippen LogP contribution in [0.3, 0.4) is 0 Å². The van der Waals surface area contributed by atoms with E-state index < -0.39 is 5.97 Å². The van der Waals surface area contributed by atoms with Crippen LogP contribution >= 0.6 is 34.5 Å². The number of unbranched alkanes of at least 4 members (excludes halogenated alkanes) is 1. The van der Waals surface area contributed by atoms with Crippen LogP contribution in [0.5, 0.6) is 5.75 Å². The Bertz CT molecular complexity index is 1320. The van der Waals surface area contributed by atoms with Crippen LogP contribution < -0.4 is 15.0 Å². The van der Waals surface area contributed by atoms with Gasteiger partial charge >= 0.3 is 24.8 Å². The summed E-state index contributed by atoms with van der Waals surface area (Å²) in [7, 11) is 0. The molecule has 1 amide bonds. The van der Waals surface area contributed by atoms with Crippen molar-refractivity contribution in [1.29, 1.82) is 0 Å². The number of halogens is 2. The van der Waals surface area contributed by atoms with E-state index in [9.17, 15) is 14.7 Å². The van der Waals surface area contributed by atoms with E-state index in [1.807, 2.05) is 24.3 Å². The number of hydrogen-bond donors (Lipinski definition) is 3. The van der Waals surface area contributed by atoms with Gasteiger partial charge < -0.3 is 25.0 Å². The Balaban J connectivity index is 0.00000336. The molecule has 0 bridgehead atoms. The molecule has 1 saturated carbocycles. The van der Waals surface area contributed by atoms with E-state index in [0.29, 0.717) is 47.7 Å². The fraction of sp³-hybridized carbons (Fsp3) is 0.423. The molecule has 38 heavy (non-hydrogen) atoms. The maximum absolute atomic E-state index is 12.7. The summed E-state index contributed by atoms with van der Waals surface area (Å²) in [4.78, 5) is 34.6. The second-order valence-corrected chi connectivity index (χ2v) is 11.3. The third-order valence-corrected chi connectivity index (χ3v) is 9.08. The molecule has 198 valence electrons. The molecule has 1 aromatic carbocycles. The fourth-order valence-electron chi connectivity index (χ4n) is 4.84. The number of hydrogen-bond acceptors (Lipinski definition) is 6. The molecule has 1 aliphatic heterocycles. The number of ether oxygens (including phenoxy) is 1. The van der Waals surface area contributed by atoms with Gasteiger partial charge in [-0.25, -0.2) is 9.78 Å². The van der Waals surface area contributed by atoms with Crippen LogP contribution in [0.2, 0.25) is 10.0 Å². The topological polar surface area (TPSA) is 108 Å². The van der Waals surface area contributed by atoms with Crippen LogP contribution in [0, 0.1) is 18.8 Å². The predicted molar refractivity (Wildman–Crippen MR) is 152 cm³/mol. The van der Waals surface area contributed by atoms with Gasteiger partial charge in [0.05, 0.1) is 22.3 Å². The summed E-state index contributed by atoms with van der Waals surface area (Å²) < 4.78 is 5.71. The molecular weight excluding hydrogens is 542 g/mol. The number of thiazole rings is 1. The monoisotopic (exact) mass is 570 g/mol. The van der Waals surface area contributed by atoms with Gasteiger partial charge in [0.1, 0.15) is 16.3 Å². The Morgan fingerprint density at radius 2 is 1.89 bits per heavy atom.